The predicted molar refractivity (Wildman–Crippen MR) is 91.8 cm³/mol. The zero-order valence-corrected chi connectivity index (χ0v) is 14.7. The van der Waals surface area contributed by atoms with Gasteiger partial charge in [-0.15, -0.1) is 0 Å². The van der Waals surface area contributed by atoms with Gasteiger partial charge in [-0.3, -0.25) is 4.79 Å². The summed E-state index contributed by atoms with van der Waals surface area (Å²) in [7, 11) is 0. The van der Waals surface area contributed by atoms with E-state index in [2.05, 4.69) is 26.0 Å². The standard InChI is InChI=1S/C21H30O2/c1-13(22)17-6-7-18-16-5-4-14-12-15(23)8-10-20(14,2)19(16)9-11-21(17,18)3/h4,8,10,15-19,23H,5-7,9,11-12H2,1-3H3/t15?,16-,17+,18-,19-,20-,21+/m0/s1. The van der Waals surface area contributed by atoms with Crippen molar-refractivity contribution in [1.82, 2.24) is 0 Å². The second kappa shape index (κ2) is 5.05. The Morgan fingerprint density at radius 2 is 2.00 bits per heavy atom. The number of carbonyl (C=O) groups is 1. The fraction of sp³-hybridized carbons (Fsp3) is 0.762. The van der Waals surface area contributed by atoms with E-state index in [1.165, 1.54) is 24.8 Å². The van der Waals surface area contributed by atoms with Crippen molar-refractivity contribution in [3.05, 3.63) is 23.8 Å². The molecule has 2 heteroatoms. The van der Waals surface area contributed by atoms with E-state index in [4.69, 9.17) is 0 Å². The molecule has 7 atom stereocenters. The SMILES string of the molecule is CC(=O)[C@H]1CC[C@H]2[C@@H]3CC=C4CC(O)C=C[C@]4(C)[C@H]3CC[C@]12C. The number of ketones is 1. The van der Waals surface area contributed by atoms with Crippen LogP contribution >= 0.6 is 0 Å². The summed E-state index contributed by atoms with van der Waals surface area (Å²) < 4.78 is 0. The average molecular weight is 314 g/mol. The molecule has 2 nitrogen and oxygen atoms in total. The van der Waals surface area contributed by atoms with E-state index in [0.717, 1.165) is 19.3 Å². The molecule has 4 rings (SSSR count). The van der Waals surface area contributed by atoms with Crippen molar-refractivity contribution < 1.29 is 9.90 Å². The maximum Gasteiger partial charge on any atom is 0.133 e. The number of fused-ring (bicyclic) bond motifs is 5. The summed E-state index contributed by atoms with van der Waals surface area (Å²) in [6, 6.07) is 0. The Balaban J connectivity index is 1.69. The number of rotatable bonds is 1. The lowest BCUT2D eigenvalue weighted by molar-refractivity contribution is -0.126. The molecule has 1 N–H and O–H groups in total. The highest BCUT2D eigenvalue weighted by Crippen LogP contribution is 2.65. The first-order valence-electron chi connectivity index (χ1n) is 9.43. The number of hydrogen-bond donors (Lipinski definition) is 1. The van der Waals surface area contributed by atoms with E-state index >= 15 is 0 Å². The van der Waals surface area contributed by atoms with Gasteiger partial charge in [-0.2, -0.15) is 0 Å². The van der Waals surface area contributed by atoms with Crippen LogP contribution in [0, 0.1) is 34.5 Å². The normalized spacial score (nSPS) is 51.5. The Morgan fingerprint density at radius 1 is 1.22 bits per heavy atom. The van der Waals surface area contributed by atoms with Crippen molar-refractivity contribution in [2.45, 2.75) is 65.4 Å². The minimum absolute atomic E-state index is 0.137. The van der Waals surface area contributed by atoms with Crippen molar-refractivity contribution in [3.63, 3.8) is 0 Å². The average Bonchev–Trinajstić information content (AvgIpc) is 2.85. The number of allylic oxidation sites excluding steroid dienone is 2. The molecule has 126 valence electrons. The first-order chi connectivity index (χ1) is 10.9. The molecule has 0 radical (unpaired) electrons. The van der Waals surface area contributed by atoms with Crippen LogP contribution in [0.25, 0.3) is 0 Å². The molecule has 1 unspecified atom stereocenters. The first-order valence-corrected chi connectivity index (χ1v) is 9.43. The summed E-state index contributed by atoms with van der Waals surface area (Å²) in [4.78, 5) is 12.1. The van der Waals surface area contributed by atoms with E-state index in [9.17, 15) is 9.90 Å². The van der Waals surface area contributed by atoms with Gasteiger partial charge in [0.15, 0.2) is 0 Å². The Kier molecular flexibility index (Phi) is 3.43. The van der Waals surface area contributed by atoms with E-state index in [1.807, 2.05) is 6.08 Å². The van der Waals surface area contributed by atoms with Crippen LogP contribution in [0.5, 0.6) is 0 Å². The molecule has 0 aromatic rings. The minimum Gasteiger partial charge on any atom is -0.389 e. The lowest BCUT2D eigenvalue weighted by Crippen LogP contribution is -2.49. The fourth-order valence-corrected chi connectivity index (χ4v) is 6.90. The molecular weight excluding hydrogens is 284 g/mol. The zero-order chi connectivity index (χ0) is 16.4. The van der Waals surface area contributed by atoms with E-state index in [0.29, 0.717) is 23.5 Å². The van der Waals surface area contributed by atoms with Gasteiger partial charge in [0.1, 0.15) is 5.78 Å². The van der Waals surface area contributed by atoms with Gasteiger partial charge in [0, 0.05) is 11.3 Å². The van der Waals surface area contributed by atoms with E-state index in [1.54, 1.807) is 6.92 Å². The van der Waals surface area contributed by atoms with Crippen LogP contribution in [-0.2, 0) is 4.79 Å². The Bertz CT molecular complexity index is 589. The van der Waals surface area contributed by atoms with Gasteiger partial charge in [-0.1, -0.05) is 37.6 Å². The highest BCUT2D eigenvalue weighted by molar-refractivity contribution is 5.79. The van der Waals surface area contributed by atoms with Crippen molar-refractivity contribution >= 4 is 5.78 Å². The highest BCUT2D eigenvalue weighted by atomic mass is 16.3. The van der Waals surface area contributed by atoms with Crippen LogP contribution in [-0.4, -0.2) is 17.0 Å². The smallest absolute Gasteiger partial charge is 0.133 e. The molecule has 0 saturated heterocycles. The van der Waals surface area contributed by atoms with Crippen molar-refractivity contribution in [3.8, 4) is 0 Å². The highest BCUT2D eigenvalue weighted by Gasteiger charge is 2.58. The zero-order valence-electron chi connectivity index (χ0n) is 14.7. The summed E-state index contributed by atoms with van der Waals surface area (Å²) in [5, 5.41) is 9.98. The molecular formula is C21H30O2. The lowest BCUT2D eigenvalue weighted by atomic mass is 9.48. The van der Waals surface area contributed by atoms with Crippen LogP contribution in [0.2, 0.25) is 0 Å². The summed E-state index contributed by atoms with van der Waals surface area (Å²) in [5.74, 6) is 2.80. The summed E-state index contributed by atoms with van der Waals surface area (Å²) in [6.07, 6.45) is 13.2. The van der Waals surface area contributed by atoms with Crippen molar-refractivity contribution in [2.75, 3.05) is 0 Å². The van der Waals surface area contributed by atoms with Crippen LogP contribution < -0.4 is 0 Å². The van der Waals surface area contributed by atoms with Gasteiger partial charge in [-0.05, 0) is 68.6 Å². The molecule has 23 heavy (non-hydrogen) atoms. The molecule has 0 spiro atoms. The molecule has 0 heterocycles. The third-order valence-corrected chi connectivity index (χ3v) is 8.12. The molecule has 4 aliphatic carbocycles. The number of hydrogen-bond acceptors (Lipinski definition) is 2. The minimum atomic E-state index is -0.298. The molecule has 0 amide bonds. The topological polar surface area (TPSA) is 37.3 Å². The van der Waals surface area contributed by atoms with Gasteiger partial charge in [-0.25, -0.2) is 0 Å². The van der Waals surface area contributed by atoms with Crippen molar-refractivity contribution in [2.24, 2.45) is 34.5 Å². The Morgan fingerprint density at radius 3 is 2.74 bits per heavy atom. The molecule has 2 saturated carbocycles. The summed E-state index contributed by atoms with van der Waals surface area (Å²) in [6.45, 7) is 6.59. The van der Waals surface area contributed by atoms with Crippen LogP contribution in [0.15, 0.2) is 23.8 Å². The fourth-order valence-electron chi connectivity index (χ4n) is 6.90. The van der Waals surface area contributed by atoms with Gasteiger partial charge < -0.3 is 5.11 Å². The number of carbonyl (C=O) groups excluding carboxylic acids is 1. The number of aliphatic hydroxyl groups excluding tert-OH is 1. The monoisotopic (exact) mass is 314 g/mol. The van der Waals surface area contributed by atoms with Gasteiger partial charge in [0.25, 0.3) is 0 Å². The van der Waals surface area contributed by atoms with Crippen LogP contribution in [0.4, 0.5) is 0 Å². The quantitative estimate of drug-likeness (QED) is 0.733. The largest absolute Gasteiger partial charge is 0.389 e. The van der Waals surface area contributed by atoms with E-state index in [-0.39, 0.29) is 22.9 Å². The second-order valence-electron chi connectivity index (χ2n) is 9.04. The molecule has 2 fully saturated rings. The van der Waals surface area contributed by atoms with Crippen molar-refractivity contribution in [1.29, 1.82) is 0 Å². The van der Waals surface area contributed by atoms with E-state index < -0.39 is 0 Å². The Labute approximate surface area is 140 Å². The maximum absolute atomic E-state index is 12.1. The Hall–Kier alpha value is -0.890. The molecule has 0 aromatic carbocycles. The number of Topliss-reactive ketones (excluding diaryl/α,β-unsaturated/α-hetero) is 1. The van der Waals surface area contributed by atoms with Gasteiger partial charge in [0.05, 0.1) is 6.10 Å². The molecule has 4 aliphatic rings. The third kappa shape index (κ3) is 2.06. The van der Waals surface area contributed by atoms with Gasteiger partial charge in [0.2, 0.25) is 0 Å². The summed E-state index contributed by atoms with van der Waals surface area (Å²) >= 11 is 0. The number of aliphatic hydroxyl groups is 1. The van der Waals surface area contributed by atoms with Crippen LogP contribution in [0.1, 0.15) is 59.3 Å². The van der Waals surface area contributed by atoms with Gasteiger partial charge >= 0.3 is 0 Å². The third-order valence-electron chi connectivity index (χ3n) is 8.12. The molecule has 0 aromatic heterocycles. The molecule has 0 aliphatic heterocycles. The predicted octanol–water partition coefficient (Wildman–Crippen LogP) is 4.29. The second-order valence-corrected chi connectivity index (χ2v) is 9.04. The first kappa shape index (κ1) is 15.6. The molecule has 0 bridgehead atoms. The summed E-state index contributed by atoms with van der Waals surface area (Å²) in [5.41, 5.74) is 1.82. The van der Waals surface area contributed by atoms with Crippen LogP contribution in [0.3, 0.4) is 0 Å². The maximum atomic E-state index is 12.1. The lowest BCUT2D eigenvalue weighted by Gasteiger charge is -2.56.